The Kier molecular flexibility index (Phi) is 4.13. The highest BCUT2D eigenvalue weighted by Gasteiger charge is 2.33. The number of halogens is 3. The summed E-state index contributed by atoms with van der Waals surface area (Å²) in [4.78, 5) is 0. The Labute approximate surface area is 115 Å². The van der Waals surface area contributed by atoms with Crippen LogP contribution in [0.5, 0.6) is 0 Å². The van der Waals surface area contributed by atoms with Crippen LogP contribution in [-0.4, -0.2) is 15.8 Å². The van der Waals surface area contributed by atoms with E-state index in [2.05, 4.69) is 5.10 Å². The molecule has 6 heteroatoms. The summed E-state index contributed by atoms with van der Waals surface area (Å²) >= 11 is 0. The van der Waals surface area contributed by atoms with Gasteiger partial charge >= 0.3 is 6.18 Å². The largest absolute Gasteiger partial charge is 0.435 e. The molecule has 0 aliphatic carbocycles. The van der Waals surface area contributed by atoms with Gasteiger partial charge in [0.15, 0.2) is 5.69 Å². The molecular formula is C14H16F3N3. The van der Waals surface area contributed by atoms with E-state index in [1.54, 1.807) is 12.1 Å². The maximum absolute atomic E-state index is 12.6. The third-order valence-corrected chi connectivity index (χ3v) is 3.12. The van der Waals surface area contributed by atoms with Gasteiger partial charge in [-0.2, -0.15) is 18.3 Å². The molecule has 1 heterocycles. The lowest BCUT2D eigenvalue weighted by atomic mass is 10.0. The Balaban J connectivity index is 2.35. The monoisotopic (exact) mass is 283 g/mol. The predicted octanol–water partition coefficient (Wildman–Crippen LogP) is 3.17. The van der Waals surface area contributed by atoms with E-state index < -0.39 is 11.9 Å². The summed E-state index contributed by atoms with van der Waals surface area (Å²) in [6.07, 6.45) is -1.70. The third kappa shape index (κ3) is 3.19. The van der Waals surface area contributed by atoms with Crippen molar-refractivity contribution in [1.29, 1.82) is 0 Å². The summed E-state index contributed by atoms with van der Waals surface area (Å²) in [6, 6.07) is 8.16. The van der Waals surface area contributed by atoms with Crippen molar-refractivity contribution in [3.63, 3.8) is 0 Å². The second-order valence-electron chi connectivity index (χ2n) is 4.64. The fourth-order valence-electron chi connectivity index (χ4n) is 1.94. The molecule has 108 valence electrons. The molecule has 1 aromatic carbocycles. The second-order valence-corrected chi connectivity index (χ2v) is 4.64. The lowest BCUT2D eigenvalue weighted by molar-refractivity contribution is -0.141. The summed E-state index contributed by atoms with van der Waals surface area (Å²) in [6.45, 7) is 1.98. The number of aromatic nitrogens is 2. The average Bonchev–Trinajstić information content (AvgIpc) is 2.88. The van der Waals surface area contributed by atoms with Crippen LogP contribution in [0.4, 0.5) is 13.2 Å². The molecule has 0 bridgehead atoms. The van der Waals surface area contributed by atoms with Crippen LogP contribution in [0.3, 0.4) is 0 Å². The molecule has 0 fully saturated rings. The van der Waals surface area contributed by atoms with Gasteiger partial charge in [-0.3, -0.25) is 0 Å². The predicted molar refractivity (Wildman–Crippen MR) is 70.5 cm³/mol. The highest BCUT2D eigenvalue weighted by molar-refractivity contribution is 5.41. The van der Waals surface area contributed by atoms with Crippen LogP contribution < -0.4 is 5.73 Å². The molecule has 0 saturated carbocycles. The van der Waals surface area contributed by atoms with Crippen LogP contribution in [0, 0.1) is 0 Å². The minimum absolute atomic E-state index is 0.0196. The van der Waals surface area contributed by atoms with Crippen molar-refractivity contribution in [2.24, 2.45) is 5.73 Å². The summed E-state index contributed by atoms with van der Waals surface area (Å²) in [5.41, 5.74) is 6.54. The summed E-state index contributed by atoms with van der Waals surface area (Å²) < 4.78 is 39.0. The lowest BCUT2D eigenvalue weighted by Crippen LogP contribution is -2.22. The minimum atomic E-state index is -4.43. The topological polar surface area (TPSA) is 43.8 Å². The van der Waals surface area contributed by atoms with Crippen LogP contribution in [0.2, 0.25) is 0 Å². The van der Waals surface area contributed by atoms with Crippen molar-refractivity contribution in [3.05, 3.63) is 47.8 Å². The van der Waals surface area contributed by atoms with E-state index in [1.165, 1.54) is 10.9 Å². The maximum Gasteiger partial charge on any atom is 0.435 e. The number of nitrogens with two attached hydrogens (primary N) is 1. The zero-order valence-corrected chi connectivity index (χ0v) is 11.1. The van der Waals surface area contributed by atoms with E-state index in [4.69, 9.17) is 5.73 Å². The second kappa shape index (κ2) is 5.66. The molecular weight excluding hydrogens is 267 g/mol. The minimum Gasteiger partial charge on any atom is -0.327 e. The Hall–Kier alpha value is -1.82. The molecule has 1 unspecified atom stereocenters. The average molecular weight is 283 g/mol. The smallest absolute Gasteiger partial charge is 0.327 e. The highest BCUT2D eigenvalue weighted by atomic mass is 19.4. The maximum atomic E-state index is 12.6. The van der Waals surface area contributed by atoms with Crippen LogP contribution in [0.15, 0.2) is 36.5 Å². The van der Waals surface area contributed by atoms with E-state index in [0.29, 0.717) is 12.1 Å². The Morgan fingerprint density at radius 2 is 1.95 bits per heavy atom. The van der Waals surface area contributed by atoms with Gasteiger partial charge in [-0.15, -0.1) is 0 Å². The van der Waals surface area contributed by atoms with E-state index >= 15 is 0 Å². The van der Waals surface area contributed by atoms with Crippen LogP contribution in [-0.2, 0) is 12.6 Å². The van der Waals surface area contributed by atoms with E-state index in [9.17, 15) is 13.2 Å². The zero-order chi connectivity index (χ0) is 14.8. The highest BCUT2D eigenvalue weighted by Crippen LogP contribution is 2.28. The molecule has 20 heavy (non-hydrogen) atoms. The molecule has 0 radical (unpaired) electrons. The number of hydrogen-bond acceptors (Lipinski definition) is 2. The molecule has 3 nitrogen and oxygen atoms in total. The number of nitrogens with zero attached hydrogens (tertiary/aromatic N) is 2. The van der Waals surface area contributed by atoms with Gasteiger partial charge in [0, 0.05) is 12.2 Å². The van der Waals surface area contributed by atoms with E-state index in [-0.39, 0.29) is 6.04 Å². The van der Waals surface area contributed by atoms with Crippen molar-refractivity contribution in [3.8, 4) is 5.69 Å². The number of rotatable bonds is 4. The molecule has 0 amide bonds. The first-order chi connectivity index (χ1) is 9.41. The molecule has 1 aromatic heterocycles. The van der Waals surface area contributed by atoms with Crippen molar-refractivity contribution in [2.75, 3.05) is 0 Å². The first-order valence-electron chi connectivity index (χ1n) is 6.38. The molecule has 1 atom stereocenters. The summed E-state index contributed by atoms with van der Waals surface area (Å²) in [7, 11) is 0. The van der Waals surface area contributed by atoms with E-state index in [0.717, 1.165) is 18.1 Å². The summed E-state index contributed by atoms with van der Waals surface area (Å²) in [5.74, 6) is 0. The molecule has 0 aliphatic rings. The normalized spacial score (nSPS) is 13.4. The molecule has 0 aliphatic heterocycles. The van der Waals surface area contributed by atoms with Crippen molar-refractivity contribution in [2.45, 2.75) is 32.0 Å². The van der Waals surface area contributed by atoms with Crippen LogP contribution in [0.1, 0.15) is 24.6 Å². The van der Waals surface area contributed by atoms with Crippen LogP contribution in [0.25, 0.3) is 5.69 Å². The first kappa shape index (κ1) is 14.6. The third-order valence-electron chi connectivity index (χ3n) is 3.12. The number of hydrogen-bond donors (Lipinski definition) is 1. The Morgan fingerprint density at radius 3 is 2.55 bits per heavy atom. The van der Waals surface area contributed by atoms with Gasteiger partial charge in [-0.25, -0.2) is 4.68 Å². The van der Waals surface area contributed by atoms with Gasteiger partial charge in [0.2, 0.25) is 0 Å². The quantitative estimate of drug-likeness (QED) is 0.936. The van der Waals surface area contributed by atoms with Crippen molar-refractivity contribution >= 4 is 0 Å². The lowest BCUT2D eigenvalue weighted by Gasteiger charge is -2.13. The van der Waals surface area contributed by atoms with Crippen molar-refractivity contribution < 1.29 is 13.2 Å². The molecule has 0 saturated heterocycles. The number of para-hydroxylation sites is 1. The zero-order valence-electron chi connectivity index (χ0n) is 11.1. The number of benzene rings is 1. The standard InChI is InChI=1S/C14H16F3N3/c1-2-11(18)9-10-5-3-4-6-12(10)20-8-7-13(19-20)14(15,16)17/h3-8,11H,2,9,18H2,1H3. The van der Waals surface area contributed by atoms with Gasteiger partial charge in [0.1, 0.15) is 0 Å². The molecule has 2 aromatic rings. The fourth-order valence-corrected chi connectivity index (χ4v) is 1.94. The Bertz CT molecular complexity index is 575. The fraction of sp³-hybridized carbons (Fsp3) is 0.357. The SMILES string of the molecule is CCC(N)Cc1ccccc1-n1ccc(C(F)(F)F)n1. The molecule has 0 spiro atoms. The molecule has 2 N–H and O–H groups in total. The van der Waals surface area contributed by atoms with Crippen molar-refractivity contribution in [1.82, 2.24) is 9.78 Å². The van der Waals surface area contributed by atoms with Crippen LogP contribution >= 0.6 is 0 Å². The number of alkyl halides is 3. The van der Waals surface area contributed by atoms with Gasteiger partial charge < -0.3 is 5.73 Å². The van der Waals surface area contributed by atoms with Gasteiger partial charge in [-0.1, -0.05) is 25.1 Å². The summed E-state index contributed by atoms with van der Waals surface area (Å²) in [5, 5.41) is 3.60. The van der Waals surface area contributed by atoms with Gasteiger partial charge in [0.05, 0.1) is 5.69 Å². The first-order valence-corrected chi connectivity index (χ1v) is 6.38. The van der Waals surface area contributed by atoms with Gasteiger partial charge in [-0.05, 0) is 30.5 Å². The van der Waals surface area contributed by atoms with Gasteiger partial charge in [0.25, 0.3) is 0 Å². The molecule has 2 rings (SSSR count). The Morgan fingerprint density at radius 1 is 1.25 bits per heavy atom. The van der Waals surface area contributed by atoms with E-state index in [1.807, 2.05) is 19.1 Å².